The van der Waals surface area contributed by atoms with Crippen LogP contribution >= 0.6 is 11.3 Å². The van der Waals surface area contributed by atoms with Crippen molar-refractivity contribution in [2.24, 2.45) is 0 Å². The molecule has 20 heavy (non-hydrogen) atoms. The smallest absolute Gasteiger partial charge is 0.272 e. The van der Waals surface area contributed by atoms with Gasteiger partial charge in [0.25, 0.3) is 5.69 Å². The van der Waals surface area contributed by atoms with E-state index in [9.17, 15) is 10.1 Å². The molecule has 2 aromatic rings. The third-order valence-electron chi connectivity index (χ3n) is 3.20. The van der Waals surface area contributed by atoms with Crippen LogP contribution in [0, 0.1) is 17.0 Å². The molecule has 1 N–H and O–H groups in total. The Bertz CT molecular complexity index is 582. The fraction of sp³-hybridized carbons (Fsp3) is 0.333. The van der Waals surface area contributed by atoms with Gasteiger partial charge in [0, 0.05) is 22.2 Å². The minimum absolute atomic E-state index is 0.165. The number of nitro benzene ring substituents is 1. The van der Waals surface area contributed by atoms with E-state index >= 15 is 0 Å². The molecule has 0 aliphatic carbocycles. The van der Waals surface area contributed by atoms with Gasteiger partial charge in [0.05, 0.1) is 11.0 Å². The minimum Gasteiger partial charge on any atom is -0.377 e. The lowest BCUT2D eigenvalue weighted by Crippen LogP contribution is -2.09. The highest BCUT2D eigenvalue weighted by Crippen LogP contribution is 2.29. The molecule has 1 aromatic carbocycles. The van der Waals surface area contributed by atoms with E-state index in [2.05, 4.69) is 23.7 Å². The molecule has 0 aliphatic rings. The van der Waals surface area contributed by atoms with E-state index in [4.69, 9.17) is 0 Å². The van der Waals surface area contributed by atoms with Crippen molar-refractivity contribution >= 4 is 22.7 Å². The van der Waals surface area contributed by atoms with Crippen molar-refractivity contribution in [1.82, 2.24) is 0 Å². The van der Waals surface area contributed by atoms with Crippen LogP contribution in [0.15, 0.2) is 35.7 Å². The quantitative estimate of drug-likeness (QED) is 0.607. The Hall–Kier alpha value is -1.88. The fourth-order valence-corrected chi connectivity index (χ4v) is 3.03. The molecule has 0 spiro atoms. The highest BCUT2D eigenvalue weighted by atomic mass is 32.1. The zero-order chi connectivity index (χ0) is 14.5. The molecule has 0 saturated heterocycles. The van der Waals surface area contributed by atoms with E-state index in [1.807, 2.05) is 12.1 Å². The average molecular weight is 290 g/mol. The molecule has 0 amide bonds. The largest absolute Gasteiger partial charge is 0.377 e. The number of aryl methyl sites for hydroxylation is 1. The van der Waals surface area contributed by atoms with E-state index in [-0.39, 0.29) is 16.7 Å². The van der Waals surface area contributed by atoms with Gasteiger partial charge < -0.3 is 5.32 Å². The summed E-state index contributed by atoms with van der Waals surface area (Å²) in [4.78, 5) is 11.8. The first-order chi connectivity index (χ1) is 9.61. The highest BCUT2D eigenvalue weighted by Gasteiger charge is 2.14. The zero-order valence-electron chi connectivity index (χ0n) is 11.6. The maximum absolute atomic E-state index is 10.8. The van der Waals surface area contributed by atoms with Crippen LogP contribution in [0.2, 0.25) is 0 Å². The first-order valence-corrected chi connectivity index (χ1v) is 7.54. The third kappa shape index (κ3) is 3.36. The highest BCUT2D eigenvalue weighted by molar-refractivity contribution is 7.10. The standard InChI is InChI=1S/C15H18N2O2S/c1-3-5-13(15-6-4-9-20-15)16-12-7-8-14(17(18)19)11(2)10-12/h4,6-10,13,16H,3,5H2,1-2H3. The number of rotatable bonds is 6. The van der Waals surface area contributed by atoms with Gasteiger partial charge >= 0.3 is 0 Å². The van der Waals surface area contributed by atoms with Gasteiger partial charge in [-0.05, 0) is 36.9 Å². The van der Waals surface area contributed by atoms with Gasteiger partial charge in [-0.15, -0.1) is 11.3 Å². The maximum atomic E-state index is 10.8. The van der Waals surface area contributed by atoms with Crippen LogP contribution in [0.3, 0.4) is 0 Å². The molecule has 0 fully saturated rings. The van der Waals surface area contributed by atoms with Crippen LogP contribution in [-0.2, 0) is 0 Å². The van der Waals surface area contributed by atoms with Crippen LogP contribution in [0.25, 0.3) is 0 Å². The van der Waals surface area contributed by atoms with E-state index in [1.165, 1.54) is 4.88 Å². The second-order valence-corrected chi connectivity index (χ2v) is 5.74. The number of hydrogen-bond acceptors (Lipinski definition) is 4. The summed E-state index contributed by atoms with van der Waals surface area (Å²) in [6, 6.07) is 9.62. The summed E-state index contributed by atoms with van der Waals surface area (Å²) >= 11 is 1.73. The van der Waals surface area contributed by atoms with E-state index < -0.39 is 0 Å². The van der Waals surface area contributed by atoms with Crippen molar-refractivity contribution < 1.29 is 4.92 Å². The molecule has 106 valence electrons. The normalized spacial score (nSPS) is 12.1. The topological polar surface area (TPSA) is 55.2 Å². The summed E-state index contributed by atoms with van der Waals surface area (Å²) in [5.74, 6) is 0. The summed E-state index contributed by atoms with van der Waals surface area (Å²) in [6.45, 7) is 3.92. The maximum Gasteiger partial charge on any atom is 0.272 e. The van der Waals surface area contributed by atoms with Gasteiger partial charge in [0.2, 0.25) is 0 Å². The molecule has 4 nitrogen and oxygen atoms in total. The molecule has 1 atom stereocenters. The number of nitro groups is 1. The van der Waals surface area contributed by atoms with Gasteiger partial charge in [0.15, 0.2) is 0 Å². The van der Waals surface area contributed by atoms with Crippen molar-refractivity contribution in [2.45, 2.75) is 32.7 Å². The summed E-state index contributed by atoms with van der Waals surface area (Å²) < 4.78 is 0. The molecular weight excluding hydrogens is 272 g/mol. The average Bonchev–Trinajstić information content (AvgIpc) is 2.91. The minimum atomic E-state index is -0.345. The molecule has 1 aromatic heterocycles. The molecule has 0 saturated carbocycles. The molecule has 0 aliphatic heterocycles. The molecule has 0 radical (unpaired) electrons. The predicted octanol–water partition coefficient (Wildman–Crippen LogP) is 4.92. The van der Waals surface area contributed by atoms with Gasteiger partial charge in [-0.2, -0.15) is 0 Å². The van der Waals surface area contributed by atoms with Gasteiger partial charge in [0.1, 0.15) is 0 Å². The Morgan fingerprint density at radius 2 is 2.20 bits per heavy atom. The SMILES string of the molecule is CCCC(Nc1ccc([N+](=O)[O-])c(C)c1)c1cccs1. The predicted molar refractivity (Wildman–Crippen MR) is 83.4 cm³/mol. The Kier molecular flexibility index (Phi) is 4.74. The van der Waals surface area contributed by atoms with Crippen LogP contribution in [-0.4, -0.2) is 4.92 Å². The molecular formula is C15H18N2O2S. The zero-order valence-corrected chi connectivity index (χ0v) is 12.4. The summed E-state index contributed by atoms with van der Waals surface area (Å²) in [5, 5.41) is 16.4. The molecule has 1 heterocycles. The van der Waals surface area contributed by atoms with Crippen molar-refractivity contribution in [3.05, 3.63) is 56.3 Å². The van der Waals surface area contributed by atoms with E-state index in [0.29, 0.717) is 5.56 Å². The Balaban J connectivity index is 2.19. The van der Waals surface area contributed by atoms with Gasteiger partial charge in [-0.1, -0.05) is 19.4 Å². The van der Waals surface area contributed by atoms with Crippen molar-refractivity contribution in [2.75, 3.05) is 5.32 Å². The summed E-state index contributed by atoms with van der Waals surface area (Å²) in [7, 11) is 0. The lowest BCUT2D eigenvalue weighted by molar-refractivity contribution is -0.385. The Morgan fingerprint density at radius 3 is 2.75 bits per heavy atom. The third-order valence-corrected chi connectivity index (χ3v) is 4.18. The number of nitrogens with one attached hydrogen (secondary N) is 1. The molecule has 5 heteroatoms. The molecule has 0 bridgehead atoms. The Morgan fingerprint density at radius 1 is 1.40 bits per heavy atom. The second kappa shape index (κ2) is 6.52. The second-order valence-electron chi connectivity index (χ2n) is 4.76. The molecule has 2 rings (SSSR count). The number of nitrogens with zero attached hydrogens (tertiary/aromatic N) is 1. The number of hydrogen-bond donors (Lipinski definition) is 1. The number of benzene rings is 1. The van der Waals surface area contributed by atoms with Crippen LogP contribution in [0.4, 0.5) is 11.4 Å². The van der Waals surface area contributed by atoms with Crippen LogP contribution in [0.5, 0.6) is 0 Å². The molecule has 1 unspecified atom stereocenters. The van der Waals surface area contributed by atoms with Gasteiger partial charge in [-0.25, -0.2) is 0 Å². The number of thiophene rings is 1. The Labute approximate surface area is 122 Å². The van der Waals surface area contributed by atoms with Crippen molar-refractivity contribution in [1.29, 1.82) is 0 Å². The van der Waals surface area contributed by atoms with Crippen LogP contribution in [0.1, 0.15) is 36.2 Å². The first kappa shape index (κ1) is 14.5. The van der Waals surface area contributed by atoms with Gasteiger partial charge in [-0.3, -0.25) is 10.1 Å². The first-order valence-electron chi connectivity index (χ1n) is 6.66. The lowest BCUT2D eigenvalue weighted by atomic mass is 10.1. The summed E-state index contributed by atoms with van der Waals surface area (Å²) in [6.07, 6.45) is 2.12. The van der Waals surface area contributed by atoms with Crippen molar-refractivity contribution in [3.8, 4) is 0 Å². The van der Waals surface area contributed by atoms with E-state index in [0.717, 1.165) is 18.5 Å². The number of anilines is 1. The fourth-order valence-electron chi connectivity index (χ4n) is 2.22. The summed E-state index contributed by atoms with van der Waals surface area (Å²) in [5.41, 5.74) is 1.78. The monoisotopic (exact) mass is 290 g/mol. The van der Waals surface area contributed by atoms with Crippen LogP contribution < -0.4 is 5.32 Å². The lowest BCUT2D eigenvalue weighted by Gasteiger charge is -2.18. The van der Waals surface area contributed by atoms with E-state index in [1.54, 1.807) is 30.4 Å². The van der Waals surface area contributed by atoms with Crippen molar-refractivity contribution in [3.63, 3.8) is 0 Å².